The molecule has 0 N–H and O–H groups in total. The highest BCUT2D eigenvalue weighted by atomic mass is 35.5. The normalized spacial score (nSPS) is 15.6. The summed E-state index contributed by atoms with van der Waals surface area (Å²) in [6, 6.07) is 11.4. The van der Waals surface area contributed by atoms with Crippen molar-refractivity contribution in [3.05, 3.63) is 74.3 Å². The van der Waals surface area contributed by atoms with Gasteiger partial charge in [-0.05, 0) is 43.2 Å². The van der Waals surface area contributed by atoms with Gasteiger partial charge in [-0.3, -0.25) is 14.9 Å². The summed E-state index contributed by atoms with van der Waals surface area (Å²) in [5.41, 5.74) is 2.94. The lowest BCUT2D eigenvalue weighted by Gasteiger charge is -2.12. The van der Waals surface area contributed by atoms with Crippen LogP contribution < -0.4 is 5.01 Å². The molecular formula is C18H14ClN3O3. The monoisotopic (exact) mass is 355 g/mol. The fourth-order valence-corrected chi connectivity index (χ4v) is 2.64. The molecule has 0 atom stereocenters. The molecule has 2 aromatic carbocycles. The number of hydrogen-bond acceptors (Lipinski definition) is 4. The molecular weight excluding hydrogens is 342 g/mol. The first-order chi connectivity index (χ1) is 11.9. The topological polar surface area (TPSA) is 75.8 Å². The van der Waals surface area contributed by atoms with Crippen molar-refractivity contribution in [1.82, 2.24) is 0 Å². The third-order valence-corrected chi connectivity index (χ3v) is 4.26. The van der Waals surface area contributed by atoms with E-state index in [-0.39, 0.29) is 11.6 Å². The molecule has 3 rings (SSSR count). The average Bonchev–Trinajstić information content (AvgIpc) is 2.86. The van der Waals surface area contributed by atoms with Gasteiger partial charge in [-0.1, -0.05) is 29.8 Å². The number of anilines is 1. The quantitative estimate of drug-likeness (QED) is 0.466. The summed E-state index contributed by atoms with van der Waals surface area (Å²) >= 11 is 6.12. The molecule has 0 unspecified atom stereocenters. The second-order valence-electron chi connectivity index (χ2n) is 5.65. The molecule has 0 saturated carbocycles. The molecule has 25 heavy (non-hydrogen) atoms. The Morgan fingerprint density at radius 3 is 2.64 bits per heavy atom. The number of carbonyl (C=O) groups excluding carboxylic acids is 1. The molecule has 0 aliphatic carbocycles. The minimum atomic E-state index is -0.472. The van der Waals surface area contributed by atoms with Crippen LogP contribution in [0.2, 0.25) is 5.02 Å². The number of halogens is 1. The van der Waals surface area contributed by atoms with E-state index in [0.717, 1.165) is 5.56 Å². The van der Waals surface area contributed by atoms with E-state index >= 15 is 0 Å². The van der Waals surface area contributed by atoms with Crippen LogP contribution in [-0.4, -0.2) is 16.5 Å². The number of nitro groups is 1. The summed E-state index contributed by atoms with van der Waals surface area (Å²) in [7, 11) is 0. The van der Waals surface area contributed by atoms with Gasteiger partial charge in [0, 0.05) is 17.2 Å². The zero-order valence-electron chi connectivity index (χ0n) is 13.6. The summed E-state index contributed by atoms with van der Waals surface area (Å²) in [6.07, 6.45) is 1.60. The van der Waals surface area contributed by atoms with E-state index < -0.39 is 4.92 Å². The Balaban J connectivity index is 1.96. The fraction of sp³-hybridized carbons (Fsp3) is 0.111. The van der Waals surface area contributed by atoms with Gasteiger partial charge in [0.2, 0.25) is 0 Å². The highest BCUT2D eigenvalue weighted by Gasteiger charge is 2.29. The Hall–Kier alpha value is -2.99. The zero-order valence-corrected chi connectivity index (χ0v) is 14.3. The summed E-state index contributed by atoms with van der Waals surface area (Å²) in [5.74, 6) is -0.302. The average molecular weight is 356 g/mol. The molecule has 0 radical (unpaired) electrons. The second kappa shape index (κ2) is 6.49. The second-order valence-corrected chi connectivity index (χ2v) is 6.05. The van der Waals surface area contributed by atoms with Crippen LogP contribution >= 0.6 is 11.6 Å². The van der Waals surface area contributed by atoms with Crippen LogP contribution in [0.25, 0.3) is 6.08 Å². The third kappa shape index (κ3) is 3.29. The summed E-state index contributed by atoms with van der Waals surface area (Å²) in [4.78, 5) is 23.1. The predicted octanol–water partition coefficient (Wildman–Crippen LogP) is 4.36. The van der Waals surface area contributed by atoms with Crippen molar-refractivity contribution in [3.63, 3.8) is 0 Å². The Kier molecular flexibility index (Phi) is 4.37. The van der Waals surface area contributed by atoms with Crippen LogP contribution in [0, 0.1) is 17.0 Å². The first-order valence-electron chi connectivity index (χ1n) is 7.49. The summed E-state index contributed by atoms with van der Waals surface area (Å²) in [5, 5.41) is 17.0. The van der Waals surface area contributed by atoms with Crippen molar-refractivity contribution < 1.29 is 9.72 Å². The Morgan fingerprint density at radius 1 is 1.20 bits per heavy atom. The molecule has 1 aliphatic heterocycles. The number of nitrogens with zero attached hydrogens (tertiary/aromatic N) is 3. The zero-order chi connectivity index (χ0) is 18.1. The van der Waals surface area contributed by atoms with E-state index in [4.69, 9.17) is 11.6 Å². The van der Waals surface area contributed by atoms with E-state index in [2.05, 4.69) is 5.10 Å². The number of rotatable bonds is 3. The van der Waals surface area contributed by atoms with Gasteiger partial charge in [0.25, 0.3) is 11.6 Å². The van der Waals surface area contributed by atoms with Gasteiger partial charge in [0.05, 0.1) is 21.9 Å². The molecule has 1 aliphatic rings. The van der Waals surface area contributed by atoms with Crippen LogP contribution in [0.1, 0.15) is 18.1 Å². The van der Waals surface area contributed by atoms with Crippen molar-refractivity contribution in [2.75, 3.05) is 5.01 Å². The van der Waals surface area contributed by atoms with Crippen molar-refractivity contribution >= 4 is 40.7 Å². The largest absolute Gasteiger partial charge is 0.280 e. The summed E-state index contributed by atoms with van der Waals surface area (Å²) < 4.78 is 0. The molecule has 2 aromatic rings. The van der Waals surface area contributed by atoms with Gasteiger partial charge in [-0.2, -0.15) is 10.1 Å². The standard InChI is InChI=1S/C18H14ClN3O3/c1-11-6-7-14(10-17(11)19)21-18(23)16(12(2)20-21)9-13-4-3-5-15(8-13)22(24)25/h3-10H,1-2H3/b16-9-. The van der Waals surface area contributed by atoms with Crippen LogP contribution in [0.15, 0.2) is 53.1 Å². The molecule has 126 valence electrons. The van der Waals surface area contributed by atoms with Crippen LogP contribution in [0.3, 0.4) is 0 Å². The molecule has 0 spiro atoms. The van der Waals surface area contributed by atoms with Gasteiger partial charge in [-0.25, -0.2) is 0 Å². The predicted molar refractivity (Wildman–Crippen MR) is 97.9 cm³/mol. The lowest BCUT2D eigenvalue weighted by atomic mass is 10.1. The van der Waals surface area contributed by atoms with Crippen molar-refractivity contribution in [2.24, 2.45) is 5.10 Å². The number of nitro benzene ring substituents is 1. The Bertz CT molecular complexity index is 950. The molecule has 1 heterocycles. The minimum Gasteiger partial charge on any atom is -0.267 e. The number of non-ortho nitro benzene ring substituents is 1. The lowest BCUT2D eigenvalue weighted by molar-refractivity contribution is -0.384. The lowest BCUT2D eigenvalue weighted by Crippen LogP contribution is -2.21. The highest BCUT2D eigenvalue weighted by Crippen LogP contribution is 2.29. The smallest absolute Gasteiger partial charge is 0.267 e. The molecule has 6 nitrogen and oxygen atoms in total. The third-order valence-electron chi connectivity index (χ3n) is 3.85. The molecule has 0 bridgehead atoms. The first kappa shape index (κ1) is 16.9. The van der Waals surface area contributed by atoms with E-state index in [0.29, 0.717) is 27.6 Å². The van der Waals surface area contributed by atoms with Crippen molar-refractivity contribution in [1.29, 1.82) is 0 Å². The van der Waals surface area contributed by atoms with E-state index in [9.17, 15) is 14.9 Å². The molecule has 0 aromatic heterocycles. The van der Waals surface area contributed by atoms with Crippen LogP contribution in [0.4, 0.5) is 11.4 Å². The van der Waals surface area contributed by atoms with E-state index in [1.54, 1.807) is 37.3 Å². The van der Waals surface area contributed by atoms with Crippen molar-refractivity contribution in [2.45, 2.75) is 13.8 Å². The minimum absolute atomic E-state index is 0.0310. The van der Waals surface area contributed by atoms with Gasteiger partial charge < -0.3 is 0 Å². The molecule has 0 fully saturated rings. The first-order valence-corrected chi connectivity index (χ1v) is 7.87. The number of aryl methyl sites for hydroxylation is 1. The highest BCUT2D eigenvalue weighted by molar-refractivity contribution is 6.33. The molecule has 1 amide bonds. The van der Waals surface area contributed by atoms with Gasteiger partial charge >= 0.3 is 0 Å². The van der Waals surface area contributed by atoms with Gasteiger partial charge in [0.1, 0.15) is 0 Å². The number of hydrazone groups is 1. The van der Waals surface area contributed by atoms with Crippen LogP contribution in [-0.2, 0) is 4.79 Å². The Morgan fingerprint density at radius 2 is 1.96 bits per heavy atom. The van der Waals surface area contributed by atoms with E-state index in [1.165, 1.54) is 17.1 Å². The number of benzene rings is 2. The number of hydrogen-bond donors (Lipinski definition) is 0. The van der Waals surface area contributed by atoms with Gasteiger partial charge in [0.15, 0.2) is 0 Å². The van der Waals surface area contributed by atoms with Crippen molar-refractivity contribution in [3.8, 4) is 0 Å². The molecule has 7 heteroatoms. The fourth-order valence-electron chi connectivity index (χ4n) is 2.47. The van der Waals surface area contributed by atoms with Crippen LogP contribution in [0.5, 0.6) is 0 Å². The maximum Gasteiger partial charge on any atom is 0.280 e. The number of carbonyl (C=O) groups is 1. The van der Waals surface area contributed by atoms with Gasteiger partial charge in [-0.15, -0.1) is 0 Å². The maximum atomic E-state index is 12.7. The number of amides is 1. The summed E-state index contributed by atoms with van der Waals surface area (Å²) in [6.45, 7) is 3.59. The Labute approximate surface area is 149 Å². The SMILES string of the molecule is CC1=NN(c2ccc(C)c(Cl)c2)C(=O)/C1=C\c1cccc([N+](=O)[O-])c1. The molecule has 0 saturated heterocycles. The maximum absolute atomic E-state index is 12.7. The van der Waals surface area contributed by atoms with E-state index in [1.807, 2.05) is 13.0 Å².